The molecule has 1 aromatic rings. The highest BCUT2D eigenvalue weighted by molar-refractivity contribution is 7.89. The average Bonchev–Trinajstić information content (AvgIpc) is 2.81. The number of nitrogens with two attached hydrogens (primary N) is 1. The second-order valence-corrected chi connectivity index (χ2v) is 5.93. The van der Waals surface area contributed by atoms with Crippen molar-refractivity contribution < 1.29 is 8.42 Å². The molecule has 0 amide bonds. The number of hydrogen-bond donors (Lipinski definition) is 2. The minimum Gasteiger partial charge on any atom is -0.329 e. The van der Waals surface area contributed by atoms with E-state index < -0.39 is 15.6 Å². The lowest BCUT2D eigenvalue weighted by molar-refractivity contribution is 0.240. The van der Waals surface area contributed by atoms with E-state index in [0.29, 0.717) is 6.42 Å². The van der Waals surface area contributed by atoms with Crippen molar-refractivity contribution in [1.82, 2.24) is 14.5 Å². The topological polar surface area (TPSA) is 92.1 Å². The predicted octanol–water partition coefficient (Wildman–Crippen LogP) is 0.158. The lowest BCUT2D eigenvalue weighted by Gasteiger charge is -2.35. The smallest absolute Gasteiger partial charge is 0.246 e. The second kappa shape index (κ2) is 4.52. The van der Waals surface area contributed by atoms with Crippen LogP contribution in [0.3, 0.4) is 0 Å². The molecule has 0 aliphatic heterocycles. The third-order valence-corrected chi connectivity index (χ3v) is 5.07. The van der Waals surface area contributed by atoms with Crippen LogP contribution in [0.15, 0.2) is 17.3 Å². The molecule has 0 aromatic carbocycles. The SMILES string of the molecule is CCC(C)(CN)N(C)S(=O)(=O)c1cn[nH]c1. The standard InChI is InChI=1S/C9H18N4O2S/c1-4-9(2,7-10)13(3)16(14,15)8-5-11-12-6-8/h5-6H,4,7,10H2,1-3H3,(H,11,12). The van der Waals surface area contributed by atoms with Crippen LogP contribution in [0.25, 0.3) is 0 Å². The first kappa shape index (κ1) is 13.1. The molecule has 0 saturated heterocycles. The maximum Gasteiger partial charge on any atom is 0.246 e. The Morgan fingerprint density at radius 3 is 2.62 bits per heavy atom. The monoisotopic (exact) mass is 246 g/mol. The number of rotatable bonds is 5. The zero-order valence-electron chi connectivity index (χ0n) is 9.77. The van der Waals surface area contributed by atoms with Gasteiger partial charge in [0.1, 0.15) is 4.90 Å². The van der Waals surface area contributed by atoms with Gasteiger partial charge in [0.25, 0.3) is 0 Å². The molecule has 1 aromatic heterocycles. The lowest BCUT2D eigenvalue weighted by Crippen LogP contribution is -2.51. The molecule has 0 aliphatic carbocycles. The Morgan fingerprint density at radius 2 is 2.25 bits per heavy atom. The van der Waals surface area contributed by atoms with Crippen LogP contribution in [-0.2, 0) is 10.0 Å². The molecule has 0 aliphatic rings. The third-order valence-electron chi connectivity index (χ3n) is 3.09. The summed E-state index contributed by atoms with van der Waals surface area (Å²) in [5.74, 6) is 0. The van der Waals surface area contributed by atoms with E-state index in [9.17, 15) is 8.42 Å². The fourth-order valence-electron chi connectivity index (χ4n) is 1.32. The highest BCUT2D eigenvalue weighted by Gasteiger charge is 2.35. The first-order valence-electron chi connectivity index (χ1n) is 5.06. The summed E-state index contributed by atoms with van der Waals surface area (Å²) in [6.07, 6.45) is 3.30. The first-order chi connectivity index (χ1) is 7.38. The van der Waals surface area contributed by atoms with Gasteiger partial charge in [-0.15, -0.1) is 0 Å². The van der Waals surface area contributed by atoms with Crippen LogP contribution in [0.5, 0.6) is 0 Å². The first-order valence-corrected chi connectivity index (χ1v) is 6.50. The molecule has 7 heteroatoms. The van der Waals surface area contributed by atoms with Gasteiger partial charge in [-0.2, -0.15) is 9.40 Å². The molecule has 0 radical (unpaired) electrons. The molecule has 1 atom stereocenters. The van der Waals surface area contributed by atoms with Crippen molar-refractivity contribution in [3.63, 3.8) is 0 Å². The largest absolute Gasteiger partial charge is 0.329 e. The molecule has 1 rings (SSSR count). The van der Waals surface area contributed by atoms with Gasteiger partial charge in [0.15, 0.2) is 0 Å². The Hall–Kier alpha value is -0.920. The van der Waals surface area contributed by atoms with Crippen LogP contribution in [-0.4, -0.2) is 42.1 Å². The van der Waals surface area contributed by atoms with Crippen LogP contribution < -0.4 is 5.73 Å². The number of hydrogen-bond acceptors (Lipinski definition) is 4. The van der Waals surface area contributed by atoms with Gasteiger partial charge in [-0.25, -0.2) is 8.42 Å². The van der Waals surface area contributed by atoms with Crippen molar-refractivity contribution in [2.45, 2.75) is 30.7 Å². The number of nitrogens with one attached hydrogen (secondary N) is 1. The summed E-state index contributed by atoms with van der Waals surface area (Å²) in [7, 11) is -1.98. The maximum atomic E-state index is 12.2. The van der Waals surface area contributed by atoms with Crippen molar-refractivity contribution in [3.05, 3.63) is 12.4 Å². The summed E-state index contributed by atoms with van der Waals surface area (Å²) in [6, 6.07) is 0. The van der Waals surface area contributed by atoms with Crippen LogP contribution in [0.1, 0.15) is 20.3 Å². The van der Waals surface area contributed by atoms with Crippen LogP contribution in [0.4, 0.5) is 0 Å². The van der Waals surface area contributed by atoms with Crippen molar-refractivity contribution in [2.24, 2.45) is 5.73 Å². The Labute approximate surface area is 95.9 Å². The molecule has 3 N–H and O–H groups in total. The molecule has 0 fully saturated rings. The summed E-state index contributed by atoms with van der Waals surface area (Å²) >= 11 is 0. The normalized spacial score (nSPS) is 16.3. The van der Waals surface area contributed by atoms with Crippen molar-refractivity contribution >= 4 is 10.0 Å². The molecule has 0 bridgehead atoms. The molecular formula is C9H18N4O2S. The van der Waals surface area contributed by atoms with E-state index in [-0.39, 0.29) is 11.4 Å². The van der Waals surface area contributed by atoms with Crippen LogP contribution in [0, 0.1) is 0 Å². The van der Waals surface area contributed by atoms with Gasteiger partial charge in [-0.05, 0) is 13.3 Å². The van der Waals surface area contributed by atoms with E-state index in [1.807, 2.05) is 13.8 Å². The zero-order valence-corrected chi connectivity index (χ0v) is 10.6. The zero-order chi connectivity index (χ0) is 12.4. The fraction of sp³-hybridized carbons (Fsp3) is 0.667. The molecule has 1 unspecified atom stereocenters. The number of aromatic amines is 1. The molecule has 16 heavy (non-hydrogen) atoms. The highest BCUT2D eigenvalue weighted by atomic mass is 32.2. The number of likely N-dealkylation sites (N-methyl/N-ethyl adjacent to an activating group) is 1. The molecule has 6 nitrogen and oxygen atoms in total. The molecule has 1 heterocycles. The average molecular weight is 246 g/mol. The van der Waals surface area contributed by atoms with Crippen LogP contribution >= 0.6 is 0 Å². The van der Waals surface area contributed by atoms with Crippen molar-refractivity contribution in [2.75, 3.05) is 13.6 Å². The predicted molar refractivity (Wildman–Crippen MR) is 61.3 cm³/mol. The van der Waals surface area contributed by atoms with E-state index in [2.05, 4.69) is 10.2 Å². The molecule has 0 saturated carbocycles. The number of sulfonamides is 1. The van der Waals surface area contributed by atoms with E-state index in [0.717, 1.165) is 0 Å². The van der Waals surface area contributed by atoms with Gasteiger partial charge < -0.3 is 5.73 Å². The van der Waals surface area contributed by atoms with Gasteiger partial charge in [-0.3, -0.25) is 5.10 Å². The summed E-state index contributed by atoms with van der Waals surface area (Å²) < 4.78 is 25.6. The van der Waals surface area contributed by atoms with Gasteiger partial charge >= 0.3 is 0 Å². The van der Waals surface area contributed by atoms with Gasteiger partial charge in [0, 0.05) is 25.3 Å². The summed E-state index contributed by atoms with van der Waals surface area (Å²) in [4.78, 5) is 0.156. The number of H-pyrrole nitrogens is 1. The van der Waals surface area contributed by atoms with Crippen LogP contribution in [0.2, 0.25) is 0 Å². The fourth-order valence-corrected chi connectivity index (χ4v) is 2.81. The van der Waals surface area contributed by atoms with Crippen molar-refractivity contribution in [3.8, 4) is 0 Å². The van der Waals surface area contributed by atoms with Gasteiger partial charge in [-0.1, -0.05) is 6.92 Å². The van der Waals surface area contributed by atoms with E-state index in [1.54, 1.807) is 7.05 Å². The van der Waals surface area contributed by atoms with Crippen molar-refractivity contribution in [1.29, 1.82) is 0 Å². The summed E-state index contributed by atoms with van der Waals surface area (Å²) in [5, 5.41) is 6.13. The Morgan fingerprint density at radius 1 is 1.62 bits per heavy atom. The minimum absolute atomic E-state index is 0.156. The summed E-state index contributed by atoms with van der Waals surface area (Å²) in [6.45, 7) is 4.01. The lowest BCUT2D eigenvalue weighted by atomic mass is 10.00. The molecular weight excluding hydrogens is 228 g/mol. The molecule has 92 valence electrons. The van der Waals surface area contributed by atoms with E-state index in [4.69, 9.17) is 5.73 Å². The van der Waals surface area contributed by atoms with Gasteiger partial charge in [0.05, 0.1) is 6.20 Å². The second-order valence-electron chi connectivity index (χ2n) is 3.96. The molecule has 0 spiro atoms. The van der Waals surface area contributed by atoms with E-state index >= 15 is 0 Å². The Kier molecular flexibility index (Phi) is 3.72. The third kappa shape index (κ3) is 2.11. The maximum absolute atomic E-state index is 12.2. The van der Waals surface area contributed by atoms with E-state index in [1.165, 1.54) is 16.7 Å². The minimum atomic E-state index is -3.52. The Bertz CT molecular complexity index is 422. The quantitative estimate of drug-likeness (QED) is 0.774. The number of aromatic nitrogens is 2. The number of nitrogens with zero attached hydrogens (tertiary/aromatic N) is 2. The highest BCUT2D eigenvalue weighted by Crippen LogP contribution is 2.24. The Balaban J connectivity index is 3.11. The summed E-state index contributed by atoms with van der Waals surface area (Å²) in [5.41, 5.74) is 5.07. The van der Waals surface area contributed by atoms with Gasteiger partial charge in [0.2, 0.25) is 10.0 Å².